The molecule has 0 aromatic heterocycles. The Morgan fingerprint density at radius 3 is 2.38 bits per heavy atom. The zero-order valence-corrected chi connectivity index (χ0v) is 12.1. The van der Waals surface area contributed by atoms with Crippen LogP contribution in [0.5, 0.6) is 0 Å². The third kappa shape index (κ3) is 3.60. The van der Waals surface area contributed by atoms with Crippen LogP contribution in [0.2, 0.25) is 0 Å². The van der Waals surface area contributed by atoms with E-state index in [1.165, 1.54) is 12.1 Å². The van der Waals surface area contributed by atoms with Gasteiger partial charge in [-0.3, -0.25) is 4.72 Å². The smallest absolute Gasteiger partial charge is 0.261 e. The van der Waals surface area contributed by atoms with Crippen molar-refractivity contribution in [1.82, 2.24) is 0 Å². The molecule has 0 fully saturated rings. The highest BCUT2D eigenvalue weighted by molar-refractivity contribution is 7.92. The first-order chi connectivity index (χ1) is 10.1. The number of rotatable bonds is 5. The summed E-state index contributed by atoms with van der Waals surface area (Å²) in [5.41, 5.74) is 7.57. The molecule has 0 atom stereocenters. The monoisotopic (exact) mass is 301 g/mol. The second kappa shape index (κ2) is 6.39. The first kappa shape index (κ1) is 15.0. The average molecular weight is 301 g/mol. The standard InChI is InChI=1S/C15H15N3O2S/c16-10-9-12-5-7-14(8-6-12)21(19,20)18-15-4-2-1-3-13(15)11-17/h1-8,18H,9,11,17H2. The molecule has 0 aliphatic heterocycles. The number of nitrogens with zero attached hydrogens (tertiary/aromatic N) is 1. The molecular weight excluding hydrogens is 286 g/mol. The summed E-state index contributed by atoms with van der Waals surface area (Å²) in [6, 6.07) is 15.2. The normalized spacial score (nSPS) is 10.9. The maximum atomic E-state index is 12.3. The summed E-state index contributed by atoms with van der Waals surface area (Å²) in [6.07, 6.45) is 0.254. The number of sulfonamides is 1. The van der Waals surface area contributed by atoms with Gasteiger partial charge < -0.3 is 5.73 Å². The lowest BCUT2D eigenvalue weighted by molar-refractivity contribution is 0.601. The molecule has 0 heterocycles. The summed E-state index contributed by atoms with van der Waals surface area (Å²) < 4.78 is 27.2. The highest BCUT2D eigenvalue weighted by Gasteiger charge is 2.15. The average Bonchev–Trinajstić information content (AvgIpc) is 2.48. The largest absolute Gasteiger partial charge is 0.326 e. The lowest BCUT2D eigenvalue weighted by Crippen LogP contribution is -2.15. The Morgan fingerprint density at radius 2 is 1.76 bits per heavy atom. The predicted octanol–water partition coefficient (Wildman–Crippen LogP) is 2.01. The molecular formula is C15H15N3O2S. The quantitative estimate of drug-likeness (QED) is 0.883. The minimum atomic E-state index is -3.67. The highest BCUT2D eigenvalue weighted by atomic mass is 32.2. The summed E-state index contributed by atoms with van der Waals surface area (Å²) in [5, 5.41) is 8.61. The van der Waals surface area contributed by atoms with Gasteiger partial charge in [-0.15, -0.1) is 0 Å². The molecule has 6 heteroatoms. The molecule has 2 aromatic rings. The molecule has 0 saturated carbocycles. The molecule has 3 N–H and O–H groups in total. The summed E-state index contributed by atoms with van der Waals surface area (Å²) in [4.78, 5) is 0.149. The van der Waals surface area contributed by atoms with Crippen molar-refractivity contribution < 1.29 is 8.42 Å². The Bertz CT molecular complexity index is 762. The zero-order chi connectivity index (χ0) is 15.3. The Morgan fingerprint density at radius 1 is 1.10 bits per heavy atom. The van der Waals surface area contributed by atoms with Gasteiger partial charge in [-0.1, -0.05) is 30.3 Å². The molecule has 0 aliphatic carbocycles. The third-order valence-electron chi connectivity index (χ3n) is 3.00. The van der Waals surface area contributed by atoms with Crippen LogP contribution in [0.3, 0.4) is 0 Å². The molecule has 2 aromatic carbocycles. The molecule has 0 saturated heterocycles. The Hall–Kier alpha value is -2.36. The van der Waals surface area contributed by atoms with Crippen molar-refractivity contribution in [2.24, 2.45) is 5.73 Å². The molecule has 108 valence electrons. The van der Waals surface area contributed by atoms with Crippen molar-refractivity contribution in [2.45, 2.75) is 17.9 Å². The maximum Gasteiger partial charge on any atom is 0.261 e. The van der Waals surface area contributed by atoms with Gasteiger partial charge >= 0.3 is 0 Å². The summed E-state index contributed by atoms with van der Waals surface area (Å²) in [5.74, 6) is 0. The van der Waals surface area contributed by atoms with E-state index in [9.17, 15) is 8.42 Å². The first-order valence-corrected chi connectivity index (χ1v) is 7.82. The molecule has 0 spiro atoms. The molecule has 5 nitrogen and oxygen atoms in total. The highest BCUT2D eigenvalue weighted by Crippen LogP contribution is 2.20. The molecule has 2 rings (SSSR count). The summed E-state index contributed by atoms with van der Waals surface area (Å²) in [6.45, 7) is 0.250. The van der Waals surface area contributed by atoms with Gasteiger partial charge in [0, 0.05) is 6.54 Å². The predicted molar refractivity (Wildman–Crippen MR) is 80.9 cm³/mol. The van der Waals surface area contributed by atoms with Crippen molar-refractivity contribution in [1.29, 1.82) is 5.26 Å². The van der Waals surface area contributed by atoms with Crippen LogP contribution >= 0.6 is 0 Å². The van der Waals surface area contributed by atoms with E-state index in [0.29, 0.717) is 5.69 Å². The van der Waals surface area contributed by atoms with Crippen LogP contribution in [0.1, 0.15) is 11.1 Å². The van der Waals surface area contributed by atoms with Crippen LogP contribution in [0.15, 0.2) is 53.4 Å². The van der Waals surface area contributed by atoms with Crippen LogP contribution in [0.4, 0.5) is 5.69 Å². The van der Waals surface area contributed by atoms with E-state index in [1.807, 2.05) is 6.07 Å². The first-order valence-electron chi connectivity index (χ1n) is 6.33. The molecule has 0 unspecified atom stereocenters. The summed E-state index contributed by atoms with van der Waals surface area (Å²) >= 11 is 0. The number of hydrogen-bond donors (Lipinski definition) is 2. The molecule has 0 amide bonds. The van der Waals surface area contributed by atoms with E-state index in [-0.39, 0.29) is 17.9 Å². The molecule has 0 aliphatic rings. The Labute approximate surface area is 124 Å². The van der Waals surface area contributed by atoms with Crippen molar-refractivity contribution >= 4 is 15.7 Å². The fourth-order valence-electron chi connectivity index (χ4n) is 1.88. The van der Waals surface area contributed by atoms with Gasteiger partial charge in [0.15, 0.2) is 0 Å². The van der Waals surface area contributed by atoms with E-state index in [2.05, 4.69) is 4.72 Å². The number of benzene rings is 2. The van der Waals surface area contributed by atoms with Crippen LogP contribution in [0.25, 0.3) is 0 Å². The van der Waals surface area contributed by atoms with Crippen LogP contribution in [0, 0.1) is 11.3 Å². The maximum absolute atomic E-state index is 12.3. The third-order valence-corrected chi connectivity index (χ3v) is 4.38. The number of nitrogens with one attached hydrogen (secondary N) is 1. The second-order valence-corrected chi connectivity index (χ2v) is 6.13. The Kier molecular flexibility index (Phi) is 4.58. The van der Waals surface area contributed by atoms with E-state index in [0.717, 1.165) is 11.1 Å². The van der Waals surface area contributed by atoms with E-state index in [4.69, 9.17) is 11.0 Å². The van der Waals surface area contributed by atoms with Gasteiger partial charge in [0.1, 0.15) is 0 Å². The van der Waals surface area contributed by atoms with E-state index in [1.54, 1.807) is 36.4 Å². The van der Waals surface area contributed by atoms with Crippen molar-refractivity contribution in [3.05, 3.63) is 59.7 Å². The van der Waals surface area contributed by atoms with Crippen LogP contribution in [-0.4, -0.2) is 8.42 Å². The van der Waals surface area contributed by atoms with Gasteiger partial charge in [0.05, 0.1) is 23.1 Å². The SMILES string of the molecule is N#CCc1ccc(S(=O)(=O)Nc2ccccc2CN)cc1. The second-order valence-electron chi connectivity index (χ2n) is 4.45. The van der Waals surface area contributed by atoms with E-state index >= 15 is 0 Å². The van der Waals surface area contributed by atoms with Crippen molar-refractivity contribution in [3.63, 3.8) is 0 Å². The fraction of sp³-hybridized carbons (Fsp3) is 0.133. The van der Waals surface area contributed by atoms with Crippen molar-refractivity contribution in [3.8, 4) is 6.07 Å². The molecule has 0 bridgehead atoms. The lowest BCUT2D eigenvalue weighted by Gasteiger charge is -2.11. The lowest BCUT2D eigenvalue weighted by atomic mass is 10.2. The number of nitriles is 1. The van der Waals surface area contributed by atoms with Crippen LogP contribution < -0.4 is 10.5 Å². The number of para-hydroxylation sites is 1. The van der Waals surface area contributed by atoms with Gasteiger partial charge in [0.2, 0.25) is 0 Å². The van der Waals surface area contributed by atoms with Crippen molar-refractivity contribution in [2.75, 3.05) is 4.72 Å². The van der Waals surface area contributed by atoms with Gasteiger partial charge in [-0.2, -0.15) is 5.26 Å². The van der Waals surface area contributed by atoms with Gasteiger partial charge in [0.25, 0.3) is 10.0 Å². The topological polar surface area (TPSA) is 96.0 Å². The molecule has 21 heavy (non-hydrogen) atoms. The Balaban J connectivity index is 2.28. The number of hydrogen-bond acceptors (Lipinski definition) is 4. The molecule has 0 radical (unpaired) electrons. The number of anilines is 1. The van der Waals surface area contributed by atoms with E-state index < -0.39 is 10.0 Å². The minimum absolute atomic E-state index is 0.149. The minimum Gasteiger partial charge on any atom is -0.326 e. The van der Waals surface area contributed by atoms with Gasteiger partial charge in [-0.05, 0) is 29.3 Å². The zero-order valence-electron chi connectivity index (χ0n) is 11.3. The van der Waals surface area contributed by atoms with Gasteiger partial charge in [-0.25, -0.2) is 8.42 Å². The number of nitrogens with two attached hydrogens (primary N) is 1. The van der Waals surface area contributed by atoms with Crippen LogP contribution in [-0.2, 0) is 23.0 Å². The fourth-order valence-corrected chi connectivity index (χ4v) is 2.98. The summed E-state index contributed by atoms with van der Waals surface area (Å²) in [7, 11) is -3.67.